The van der Waals surface area contributed by atoms with E-state index in [-0.39, 0.29) is 0 Å². The molecule has 0 radical (unpaired) electrons. The molecule has 1 aromatic heterocycles. The lowest BCUT2D eigenvalue weighted by atomic mass is 10.2. The Morgan fingerprint density at radius 1 is 1.24 bits per heavy atom. The summed E-state index contributed by atoms with van der Waals surface area (Å²) >= 11 is 7.79. The van der Waals surface area contributed by atoms with Crippen molar-refractivity contribution in [1.82, 2.24) is 0 Å². The molecule has 0 bridgehead atoms. The highest BCUT2D eigenvalue weighted by molar-refractivity contribution is 7.14. The lowest BCUT2D eigenvalue weighted by Gasteiger charge is -2.07. The van der Waals surface area contributed by atoms with Gasteiger partial charge in [0, 0.05) is 16.7 Å². The van der Waals surface area contributed by atoms with Gasteiger partial charge in [-0.3, -0.25) is 4.99 Å². The van der Waals surface area contributed by atoms with Gasteiger partial charge in [-0.1, -0.05) is 11.6 Å². The normalized spacial score (nSPS) is 12.6. The number of hydrogen-bond acceptors (Lipinski definition) is 3. The molecule has 0 atom stereocenters. The quantitative estimate of drug-likeness (QED) is 0.567. The molecular weight excluding hydrogens is 254 g/mol. The van der Waals surface area contributed by atoms with Gasteiger partial charge in [0.1, 0.15) is 5.69 Å². The number of fused-ring (bicyclic) bond motifs is 2. The minimum absolute atomic E-state index is 0.628. The van der Waals surface area contributed by atoms with Crippen LogP contribution in [0.15, 0.2) is 23.2 Å². The summed E-state index contributed by atoms with van der Waals surface area (Å²) in [6.45, 7) is 4.05. The number of aliphatic imine (C=N–C) groups is 1. The van der Waals surface area contributed by atoms with Crippen molar-refractivity contribution in [2.45, 2.75) is 13.8 Å². The van der Waals surface area contributed by atoms with E-state index in [0.717, 1.165) is 21.9 Å². The van der Waals surface area contributed by atoms with Gasteiger partial charge >= 0.3 is 0 Å². The number of thiophene rings is 1. The van der Waals surface area contributed by atoms with Crippen molar-refractivity contribution in [3.05, 3.63) is 39.2 Å². The van der Waals surface area contributed by atoms with Crippen molar-refractivity contribution < 1.29 is 4.74 Å². The van der Waals surface area contributed by atoms with Crippen LogP contribution in [-0.4, -0.2) is 6.21 Å². The van der Waals surface area contributed by atoms with Crippen LogP contribution in [0.3, 0.4) is 0 Å². The summed E-state index contributed by atoms with van der Waals surface area (Å²) in [4.78, 5) is 5.62. The van der Waals surface area contributed by atoms with Gasteiger partial charge in [-0.2, -0.15) is 0 Å². The molecule has 1 aliphatic rings. The molecule has 86 valence electrons. The molecule has 3 rings (SSSR count). The number of halogens is 1. The zero-order valence-corrected chi connectivity index (χ0v) is 11.0. The number of nitrogens with zero attached hydrogens (tertiary/aromatic N) is 1. The largest absolute Gasteiger partial charge is 0.444 e. The van der Waals surface area contributed by atoms with Crippen LogP contribution in [0.5, 0.6) is 10.8 Å². The van der Waals surface area contributed by atoms with Crippen LogP contribution >= 0.6 is 22.9 Å². The summed E-state index contributed by atoms with van der Waals surface area (Å²) in [6, 6.07) is 5.92. The van der Waals surface area contributed by atoms with Crippen molar-refractivity contribution in [3.63, 3.8) is 0 Å². The van der Waals surface area contributed by atoms with Crippen molar-refractivity contribution in [1.29, 1.82) is 0 Å². The molecule has 4 heteroatoms. The van der Waals surface area contributed by atoms with Crippen LogP contribution in [0.1, 0.15) is 16.0 Å². The van der Waals surface area contributed by atoms with E-state index in [1.54, 1.807) is 11.3 Å². The fourth-order valence-electron chi connectivity index (χ4n) is 1.82. The van der Waals surface area contributed by atoms with E-state index in [9.17, 15) is 0 Å². The van der Waals surface area contributed by atoms with Crippen molar-refractivity contribution in [2.75, 3.05) is 0 Å². The maximum Gasteiger partial charge on any atom is 0.190 e. The Morgan fingerprint density at radius 3 is 2.88 bits per heavy atom. The predicted molar refractivity (Wildman–Crippen MR) is 72.6 cm³/mol. The first-order chi connectivity index (χ1) is 8.13. The van der Waals surface area contributed by atoms with E-state index in [0.29, 0.717) is 10.7 Å². The minimum Gasteiger partial charge on any atom is -0.444 e. The molecule has 0 N–H and O–H groups in total. The van der Waals surface area contributed by atoms with Gasteiger partial charge in [-0.15, -0.1) is 11.3 Å². The Bertz CT molecular complexity index is 631. The number of benzene rings is 1. The van der Waals surface area contributed by atoms with Crippen LogP contribution < -0.4 is 4.74 Å². The van der Waals surface area contributed by atoms with E-state index in [1.165, 1.54) is 4.88 Å². The second kappa shape index (κ2) is 3.86. The summed E-state index contributed by atoms with van der Waals surface area (Å²) in [6.07, 6.45) is 1.81. The molecule has 0 fully saturated rings. The zero-order valence-electron chi connectivity index (χ0n) is 9.45. The smallest absolute Gasteiger partial charge is 0.190 e. The highest BCUT2D eigenvalue weighted by Crippen LogP contribution is 2.43. The zero-order chi connectivity index (χ0) is 12.0. The minimum atomic E-state index is 0.628. The second-order valence-corrected chi connectivity index (χ2v) is 5.68. The third-order valence-corrected chi connectivity index (χ3v) is 3.79. The Kier molecular flexibility index (Phi) is 2.45. The summed E-state index contributed by atoms with van der Waals surface area (Å²) in [5, 5.41) is 1.51. The number of hydrogen-bond donors (Lipinski definition) is 0. The average Bonchev–Trinajstić information content (AvgIpc) is 2.48. The number of ether oxygens (including phenoxy) is 1. The number of aryl methyl sites for hydroxylation is 2. The lowest BCUT2D eigenvalue weighted by Crippen LogP contribution is -1.84. The maximum atomic E-state index is 6.17. The first-order valence-corrected chi connectivity index (χ1v) is 6.45. The van der Waals surface area contributed by atoms with Gasteiger partial charge < -0.3 is 4.74 Å². The van der Waals surface area contributed by atoms with Crippen LogP contribution in [0.4, 0.5) is 5.69 Å². The fourth-order valence-corrected chi connectivity index (χ4v) is 2.98. The first kappa shape index (κ1) is 10.8. The third-order valence-electron chi connectivity index (χ3n) is 2.56. The van der Waals surface area contributed by atoms with Gasteiger partial charge in [0.15, 0.2) is 10.8 Å². The van der Waals surface area contributed by atoms with Crippen LogP contribution in [0.2, 0.25) is 5.02 Å². The molecule has 0 aliphatic carbocycles. The van der Waals surface area contributed by atoms with Gasteiger partial charge in [0.05, 0.1) is 5.02 Å². The van der Waals surface area contributed by atoms with Crippen molar-refractivity contribution in [2.24, 2.45) is 4.99 Å². The van der Waals surface area contributed by atoms with E-state index in [4.69, 9.17) is 16.3 Å². The van der Waals surface area contributed by atoms with E-state index in [2.05, 4.69) is 18.0 Å². The molecular formula is C13H10ClNOS. The summed E-state index contributed by atoms with van der Waals surface area (Å²) in [5.74, 6) is 0.729. The molecule has 17 heavy (non-hydrogen) atoms. The van der Waals surface area contributed by atoms with E-state index in [1.807, 2.05) is 25.3 Å². The summed E-state index contributed by atoms with van der Waals surface area (Å²) < 4.78 is 5.89. The van der Waals surface area contributed by atoms with Gasteiger partial charge in [0.2, 0.25) is 0 Å². The Labute approximate surface area is 109 Å². The lowest BCUT2D eigenvalue weighted by molar-refractivity contribution is 0.498. The Balaban J connectivity index is 2.20. The molecule has 2 aromatic rings. The average molecular weight is 264 g/mol. The van der Waals surface area contributed by atoms with Crippen molar-refractivity contribution >= 4 is 34.8 Å². The molecule has 0 saturated carbocycles. The topological polar surface area (TPSA) is 21.6 Å². The molecule has 2 nitrogen and oxygen atoms in total. The Morgan fingerprint density at radius 2 is 2.06 bits per heavy atom. The second-order valence-electron chi connectivity index (χ2n) is 4.05. The fraction of sp³-hybridized carbons (Fsp3) is 0.154. The van der Waals surface area contributed by atoms with Gasteiger partial charge in [0.25, 0.3) is 0 Å². The number of rotatable bonds is 0. The monoisotopic (exact) mass is 263 g/mol. The Hall–Kier alpha value is -1.32. The van der Waals surface area contributed by atoms with Crippen LogP contribution in [0.25, 0.3) is 0 Å². The molecule has 0 amide bonds. The van der Waals surface area contributed by atoms with Gasteiger partial charge in [-0.05, 0) is 37.6 Å². The standard InChI is InChI=1S/C13H10ClNOS/c1-7-3-10(14)12-11(4-7)16-13-9(6-15-12)5-8(2)17-13/h3-6H,1-2H3. The molecule has 1 aliphatic heterocycles. The highest BCUT2D eigenvalue weighted by atomic mass is 35.5. The molecule has 2 heterocycles. The van der Waals surface area contributed by atoms with Crippen LogP contribution in [0, 0.1) is 13.8 Å². The van der Waals surface area contributed by atoms with E-state index >= 15 is 0 Å². The third kappa shape index (κ3) is 1.85. The van der Waals surface area contributed by atoms with Crippen molar-refractivity contribution in [3.8, 4) is 10.8 Å². The molecule has 1 aromatic carbocycles. The predicted octanol–water partition coefficient (Wildman–Crippen LogP) is 4.87. The molecule has 0 saturated heterocycles. The maximum absolute atomic E-state index is 6.17. The summed E-state index contributed by atoms with van der Waals surface area (Å²) in [5.41, 5.74) is 2.79. The van der Waals surface area contributed by atoms with Crippen LogP contribution in [-0.2, 0) is 0 Å². The molecule has 0 unspecified atom stereocenters. The first-order valence-electron chi connectivity index (χ1n) is 5.26. The van der Waals surface area contributed by atoms with Gasteiger partial charge in [-0.25, -0.2) is 0 Å². The highest BCUT2D eigenvalue weighted by Gasteiger charge is 2.16. The van der Waals surface area contributed by atoms with E-state index < -0.39 is 0 Å². The SMILES string of the molecule is Cc1cc(Cl)c2c(c1)Oc1sc(C)cc1C=N2. The molecule has 0 spiro atoms. The summed E-state index contributed by atoms with van der Waals surface area (Å²) in [7, 11) is 0.